The summed E-state index contributed by atoms with van der Waals surface area (Å²) < 4.78 is 5.23. The minimum atomic E-state index is -0.217. The molecule has 0 bridgehead atoms. The predicted molar refractivity (Wildman–Crippen MR) is 103 cm³/mol. The van der Waals surface area contributed by atoms with Gasteiger partial charge in [-0.25, -0.2) is 0 Å². The van der Waals surface area contributed by atoms with Gasteiger partial charge < -0.3 is 14.7 Å². The van der Waals surface area contributed by atoms with Crippen LogP contribution in [0.1, 0.15) is 34.4 Å². The van der Waals surface area contributed by atoms with Gasteiger partial charge in [0.1, 0.15) is 0 Å². The maximum atomic E-state index is 12.4. The van der Waals surface area contributed by atoms with Gasteiger partial charge in [0.05, 0.1) is 6.54 Å². The van der Waals surface area contributed by atoms with Crippen LogP contribution in [0, 0.1) is 0 Å². The Kier molecular flexibility index (Phi) is 5.08. The Morgan fingerprint density at radius 3 is 2.68 bits per heavy atom. The topological polar surface area (TPSA) is 88.3 Å². The van der Waals surface area contributed by atoms with Crippen molar-refractivity contribution in [2.45, 2.75) is 18.9 Å². The molecule has 142 valence electrons. The van der Waals surface area contributed by atoms with Gasteiger partial charge in [0.15, 0.2) is 5.82 Å². The number of aromatic nitrogens is 2. The molecule has 0 aliphatic carbocycles. The fourth-order valence-corrected chi connectivity index (χ4v) is 3.23. The summed E-state index contributed by atoms with van der Waals surface area (Å²) >= 11 is 5.91. The highest BCUT2D eigenvalue weighted by Gasteiger charge is 2.34. The van der Waals surface area contributed by atoms with Gasteiger partial charge in [-0.15, -0.1) is 0 Å². The van der Waals surface area contributed by atoms with Gasteiger partial charge in [-0.3, -0.25) is 9.59 Å². The second-order valence-corrected chi connectivity index (χ2v) is 6.91. The SMILES string of the molecule is O=C(NCc1nc(C2CC(=O)N(c3ccc(Cl)cc3)C2)no1)c1ccccc1. The highest BCUT2D eigenvalue weighted by atomic mass is 35.5. The quantitative estimate of drug-likeness (QED) is 0.715. The summed E-state index contributed by atoms with van der Waals surface area (Å²) in [7, 11) is 0. The minimum Gasteiger partial charge on any atom is -0.343 e. The molecular weight excluding hydrogens is 380 g/mol. The molecule has 3 aromatic rings. The molecule has 0 saturated carbocycles. The van der Waals surface area contributed by atoms with Crippen LogP contribution in [0.3, 0.4) is 0 Å². The van der Waals surface area contributed by atoms with Crippen molar-refractivity contribution in [1.82, 2.24) is 15.5 Å². The number of anilines is 1. The highest BCUT2D eigenvalue weighted by Crippen LogP contribution is 2.31. The lowest BCUT2D eigenvalue weighted by Gasteiger charge is -2.16. The molecule has 1 aliphatic rings. The van der Waals surface area contributed by atoms with Crippen molar-refractivity contribution in [3.05, 3.63) is 76.9 Å². The lowest BCUT2D eigenvalue weighted by Crippen LogP contribution is -2.24. The number of rotatable bonds is 5. The molecule has 1 saturated heterocycles. The van der Waals surface area contributed by atoms with Crippen LogP contribution in [0.25, 0.3) is 0 Å². The maximum Gasteiger partial charge on any atom is 0.251 e. The molecule has 1 N–H and O–H groups in total. The molecule has 2 amide bonds. The van der Waals surface area contributed by atoms with Crippen LogP contribution in [0.5, 0.6) is 0 Å². The first-order valence-electron chi connectivity index (χ1n) is 8.82. The van der Waals surface area contributed by atoms with Gasteiger partial charge in [0, 0.05) is 35.2 Å². The maximum absolute atomic E-state index is 12.4. The van der Waals surface area contributed by atoms with Crippen molar-refractivity contribution in [1.29, 1.82) is 0 Å². The summed E-state index contributed by atoms with van der Waals surface area (Å²) in [4.78, 5) is 30.5. The zero-order chi connectivity index (χ0) is 19.5. The van der Waals surface area contributed by atoms with Gasteiger partial charge in [-0.05, 0) is 36.4 Å². The predicted octanol–water partition coefficient (Wildman–Crippen LogP) is 3.17. The molecule has 1 aromatic heterocycles. The molecule has 0 spiro atoms. The lowest BCUT2D eigenvalue weighted by molar-refractivity contribution is -0.117. The van der Waals surface area contributed by atoms with E-state index in [1.54, 1.807) is 41.3 Å². The van der Waals surface area contributed by atoms with Crippen LogP contribution in [0.15, 0.2) is 59.1 Å². The van der Waals surface area contributed by atoms with Crippen LogP contribution in [0.2, 0.25) is 5.02 Å². The average molecular weight is 397 g/mol. The monoisotopic (exact) mass is 396 g/mol. The van der Waals surface area contributed by atoms with Gasteiger partial charge in [0.25, 0.3) is 5.91 Å². The van der Waals surface area contributed by atoms with Gasteiger partial charge >= 0.3 is 0 Å². The van der Waals surface area contributed by atoms with E-state index in [2.05, 4.69) is 15.5 Å². The van der Waals surface area contributed by atoms with Crippen LogP contribution >= 0.6 is 11.6 Å². The third-order valence-electron chi connectivity index (χ3n) is 4.55. The second-order valence-electron chi connectivity index (χ2n) is 6.48. The molecule has 1 atom stereocenters. The minimum absolute atomic E-state index is 0.00365. The molecule has 0 radical (unpaired) electrons. The van der Waals surface area contributed by atoms with E-state index < -0.39 is 0 Å². The third kappa shape index (κ3) is 3.89. The van der Waals surface area contributed by atoms with Crippen molar-refractivity contribution in [3.63, 3.8) is 0 Å². The Morgan fingerprint density at radius 1 is 1.18 bits per heavy atom. The van der Waals surface area contributed by atoms with E-state index in [9.17, 15) is 9.59 Å². The molecule has 8 heteroatoms. The molecule has 1 aliphatic heterocycles. The number of amides is 2. The van der Waals surface area contributed by atoms with E-state index >= 15 is 0 Å². The summed E-state index contributed by atoms with van der Waals surface area (Å²) in [5.41, 5.74) is 1.35. The summed E-state index contributed by atoms with van der Waals surface area (Å²) in [6.07, 6.45) is 0.304. The summed E-state index contributed by atoms with van der Waals surface area (Å²) in [5, 5.41) is 7.35. The number of carbonyl (C=O) groups excluding carboxylic acids is 2. The van der Waals surface area contributed by atoms with Crippen molar-refractivity contribution in [2.24, 2.45) is 0 Å². The Balaban J connectivity index is 1.38. The third-order valence-corrected chi connectivity index (χ3v) is 4.80. The molecule has 1 unspecified atom stereocenters. The van der Waals surface area contributed by atoms with E-state index in [-0.39, 0.29) is 24.3 Å². The zero-order valence-electron chi connectivity index (χ0n) is 14.8. The first-order valence-corrected chi connectivity index (χ1v) is 9.19. The van der Waals surface area contributed by atoms with E-state index in [0.717, 1.165) is 5.69 Å². The van der Waals surface area contributed by atoms with Gasteiger partial charge in [-0.1, -0.05) is 35.0 Å². The largest absolute Gasteiger partial charge is 0.343 e. The standard InChI is InChI=1S/C20H17ClN4O3/c21-15-6-8-16(9-7-15)25-12-14(10-18(25)26)19-23-17(28-24-19)11-22-20(27)13-4-2-1-3-5-13/h1-9,14H,10-12H2,(H,22,27). The van der Waals surface area contributed by atoms with Gasteiger partial charge in [-0.2, -0.15) is 4.98 Å². The van der Waals surface area contributed by atoms with E-state index in [1.807, 2.05) is 18.2 Å². The number of hydrogen-bond acceptors (Lipinski definition) is 5. The Labute approximate surface area is 166 Å². The van der Waals surface area contributed by atoms with E-state index in [0.29, 0.717) is 35.3 Å². The van der Waals surface area contributed by atoms with Crippen LogP contribution in [0.4, 0.5) is 5.69 Å². The van der Waals surface area contributed by atoms with Crippen LogP contribution < -0.4 is 10.2 Å². The van der Waals surface area contributed by atoms with E-state index in [4.69, 9.17) is 16.1 Å². The van der Waals surface area contributed by atoms with Gasteiger partial charge in [0.2, 0.25) is 11.8 Å². The molecular formula is C20H17ClN4O3. The van der Waals surface area contributed by atoms with Crippen molar-refractivity contribution < 1.29 is 14.1 Å². The lowest BCUT2D eigenvalue weighted by atomic mass is 10.1. The molecule has 2 heterocycles. The molecule has 28 heavy (non-hydrogen) atoms. The van der Waals surface area contributed by atoms with E-state index in [1.165, 1.54) is 0 Å². The Bertz CT molecular complexity index is 988. The molecule has 4 rings (SSSR count). The zero-order valence-corrected chi connectivity index (χ0v) is 15.6. The highest BCUT2D eigenvalue weighted by molar-refractivity contribution is 6.30. The Hall–Kier alpha value is -3.19. The number of carbonyl (C=O) groups is 2. The van der Waals surface area contributed by atoms with Crippen molar-refractivity contribution in [2.75, 3.05) is 11.4 Å². The Morgan fingerprint density at radius 2 is 1.93 bits per heavy atom. The molecule has 2 aromatic carbocycles. The normalized spacial score (nSPS) is 16.4. The number of benzene rings is 2. The fourth-order valence-electron chi connectivity index (χ4n) is 3.10. The molecule has 1 fully saturated rings. The smallest absolute Gasteiger partial charge is 0.251 e. The number of nitrogens with one attached hydrogen (secondary N) is 1. The number of hydrogen-bond donors (Lipinski definition) is 1. The molecule has 7 nitrogen and oxygen atoms in total. The van der Waals surface area contributed by atoms with Crippen molar-refractivity contribution in [3.8, 4) is 0 Å². The summed E-state index contributed by atoms with van der Waals surface area (Å²) in [6, 6.07) is 16.0. The second kappa shape index (κ2) is 7.82. The number of halogens is 1. The van der Waals surface area contributed by atoms with Crippen LogP contribution in [-0.4, -0.2) is 28.5 Å². The summed E-state index contributed by atoms with van der Waals surface area (Å²) in [6.45, 7) is 0.595. The van der Waals surface area contributed by atoms with Crippen LogP contribution in [-0.2, 0) is 11.3 Å². The fraction of sp³-hybridized carbons (Fsp3) is 0.200. The number of nitrogens with zero attached hydrogens (tertiary/aromatic N) is 3. The summed E-state index contributed by atoms with van der Waals surface area (Å²) in [5.74, 6) is 0.386. The van der Waals surface area contributed by atoms with Crippen molar-refractivity contribution >= 4 is 29.1 Å². The first kappa shape index (κ1) is 18.2. The average Bonchev–Trinajstić information content (AvgIpc) is 3.34. The first-order chi connectivity index (χ1) is 13.6.